The Bertz CT molecular complexity index is 238. The number of ketones is 2. The van der Waals surface area contributed by atoms with Gasteiger partial charge in [-0.25, -0.2) is 0 Å². The Morgan fingerprint density at radius 2 is 1.90 bits per heavy atom. The minimum Gasteiger partial charge on any atom is -0.504 e. The van der Waals surface area contributed by atoms with Crippen molar-refractivity contribution in [3.05, 3.63) is 22.4 Å². The van der Waals surface area contributed by atoms with Crippen molar-refractivity contribution >= 4 is 27.5 Å². The molecule has 3 nitrogen and oxygen atoms in total. The van der Waals surface area contributed by atoms with E-state index in [1.807, 2.05) is 0 Å². The Kier molecular flexibility index (Phi) is 1.72. The minimum absolute atomic E-state index is 0.0949. The summed E-state index contributed by atoms with van der Waals surface area (Å²) < 4.78 is 0.0949. The van der Waals surface area contributed by atoms with Crippen LogP contribution in [0.1, 0.15) is 0 Å². The molecule has 1 aliphatic rings. The maximum atomic E-state index is 10.7. The first-order valence-corrected chi connectivity index (χ1v) is 3.27. The van der Waals surface area contributed by atoms with Crippen LogP contribution >= 0.6 is 15.9 Å². The quantitative estimate of drug-likeness (QED) is 0.594. The molecule has 0 unspecified atom stereocenters. The maximum Gasteiger partial charge on any atom is 0.234 e. The molecule has 0 spiro atoms. The molecule has 1 aliphatic carbocycles. The zero-order chi connectivity index (χ0) is 7.72. The van der Waals surface area contributed by atoms with Gasteiger partial charge in [-0.1, -0.05) is 0 Å². The highest BCUT2D eigenvalue weighted by Crippen LogP contribution is 2.15. The average Bonchev–Trinajstić information content (AvgIpc) is 1.82. The minimum atomic E-state index is -0.556. The van der Waals surface area contributed by atoms with Crippen LogP contribution in [-0.4, -0.2) is 16.7 Å². The van der Waals surface area contributed by atoms with Crippen LogP contribution in [0.25, 0.3) is 0 Å². The smallest absolute Gasteiger partial charge is 0.234 e. The number of Topliss-reactive ketones (excluding diaryl/α,β-unsaturated/α-hetero) is 1. The zero-order valence-electron chi connectivity index (χ0n) is 4.80. The van der Waals surface area contributed by atoms with Crippen LogP contribution in [0.3, 0.4) is 0 Å². The van der Waals surface area contributed by atoms with Gasteiger partial charge in [-0.15, -0.1) is 0 Å². The second-order valence-corrected chi connectivity index (χ2v) is 2.61. The molecule has 4 heteroatoms. The van der Waals surface area contributed by atoms with Crippen LogP contribution in [0.4, 0.5) is 0 Å². The third-order valence-corrected chi connectivity index (χ3v) is 1.59. The maximum absolute atomic E-state index is 10.7. The van der Waals surface area contributed by atoms with Gasteiger partial charge < -0.3 is 5.11 Å². The molecule has 10 heavy (non-hydrogen) atoms. The van der Waals surface area contributed by atoms with E-state index in [1.165, 1.54) is 0 Å². The molecule has 0 radical (unpaired) electrons. The summed E-state index contributed by atoms with van der Waals surface area (Å²) in [5, 5.41) is 8.74. The van der Waals surface area contributed by atoms with Crippen molar-refractivity contribution in [2.75, 3.05) is 0 Å². The molecule has 0 bridgehead atoms. The van der Waals surface area contributed by atoms with Gasteiger partial charge in [0.2, 0.25) is 5.78 Å². The topological polar surface area (TPSA) is 54.4 Å². The Morgan fingerprint density at radius 3 is 2.40 bits per heavy atom. The normalized spacial score (nSPS) is 18.5. The Labute approximate surface area is 65.2 Å². The van der Waals surface area contributed by atoms with Crippen LogP contribution in [0.15, 0.2) is 22.4 Å². The van der Waals surface area contributed by atoms with E-state index in [4.69, 9.17) is 5.11 Å². The fourth-order valence-electron chi connectivity index (χ4n) is 0.555. The largest absolute Gasteiger partial charge is 0.504 e. The molecule has 0 aromatic heterocycles. The molecule has 0 aromatic carbocycles. The van der Waals surface area contributed by atoms with Crippen LogP contribution in [0.2, 0.25) is 0 Å². The van der Waals surface area contributed by atoms with E-state index >= 15 is 0 Å². The number of rotatable bonds is 0. The number of aliphatic hydroxyl groups excluding tert-OH is 1. The van der Waals surface area contributed by atoms with E-state index in [1.54, 1.807) is 0 Å². The fraction of sp³-hybridized carbons (Fsp3) is 0. The lowest BCUT2D eigenvalue weighted by molar-refractivity contribution is -0.116. The number of hydrogen-bond donors (Lipinski definition) is 1. The lowest BCUT2D eigenvalue weighted by Crippen LogP contribution is -2.09. The summed E-state index contributed by atoms with van der Waals surface area (Å²) in [6.45, 7) is 0. The molecule has 0 atom stereocenters. The van der Waals surface area contributed by atoms with Gasteiger partial charge in [0.25, 0.3) is 0 Å². The van der Waals surface area contributed by atoms with Gasteiger partial charge in [0, 0.05) is 12.2 Å². The highest BCUT2D eigenvalue weighted by Gasteiger charge is 2.18. The number of halogens is 1. The first-order valence-electron chi connectivity index (χ1n) is 2.48. The van der Waals surface area contributed by atoms with Gasteiger partial charge in [0.1, 0.15) is 0 Å². The third-order valence-electron chi connectivity index (χ3n) is 0.998. The lowest BCUT2D eigenvalue weighted by Gasteiger charge is -2.01. The number of allylic oxidation sites excluding steroid dienone is 3. The number of hydrogen-bond acceptors (Lipinski definition) is 3. The summed E-state index contributed by atoms with van der Waals surface area (Å²) in [4.78, 5) is 21.2. The van der Waals surface area contributed by atoms with Crippen molar-refractivity contribution in [1.29, 1.82) is 0 Å². The molecule has 1 N–H and O–H groups in total. The van der Waals surface area contributed by atoms with Gasteiger partial charge in [0.05, 0.1) is 4.48 Å². The first kappa shape index (κ1) is 7.21. The van der Waals surface area contributed by atoms with Crippen molar-refractivity contribution in [3.63, 3.8) is 0 Å². The highest BCUT2D eigenvalue weighted by molar-refractivity contribution is 9.12. The standard InChI is InChI=1S/C6H3BrO3/c7-4-1-3(8)2-5(9)6(4)10/h1-2,9H. The average molecular weight is 203 g/mol. The number of carbonyl (C=O) groups excluding carboxylic acids is 2. The van der Waals surface area contributed by atoms with Gasteiger partial charge in [-0.2, -0.15) is 0 Å². The summed E-state index contributed by atoms with van der Waals surface area (Å²) >= 11 is 2.82. The van der Waals surface area contributed by atoms with E-state index in [0.29, 0.717) is 0 Å². The zero-order valence-corrected chi connectivity index (χ0v) is 6.38. The van der Waals surface area contributed by atoms with Crippen molar-refractivity contribution in [2.45, 2.75) is 0 Å². The monoisotopic (exact) mass is 202 g/mol. The van der Waals surface area contributed by atoms with E-state index in [2.05, 4.69) is 15.9 Å². The van der Waals surface area contributed by atoms with E-state index < -0.39 is 11.5 Å². The summed E-state index contributed by atoms with van der Waals surface area (Å²) in [5.74, 6) is -1.46. The molecule has 52 valence electrons. The Balaban J connectivity index is 3.05. The van der Waals surface area contributed by atoms with Crippen LogP contribution in [-0.2, 0) is 9.59 Å². The lowest BCUT2D eigenvalue weighted by atomic mass is 10.1. The SMILES string of the molecule is O=C1C=C(O)C(=O)C(Br)=C1. The Hall–Kier alpha value is -0.900. The van der Waals surface area contributed by atoms with Gasteiger partial charge in [0.15, 0.2) is 11.5 Å². The predicted octanol–water partition coefficient (Wildman–Crippen LogP) is 0.859. The molecule has 0 aliphatic heterocycles. The van der Waals surface area contributed by atoms with Crippen LogP contribution in [0.5, 0.6) is 0 Å². The predicted molar refractivity (Wildman–Crippen MR) is 37.7 cm³/mol. The molecule has 0 aromatic rings. The summed E-state index contributed by atoms with van der Waals surface area (Å²) in [6.07, 6.45) is 2.00. The highest BCUT2D eigenvalue weighted by atomic mass is 79.9. The molecule has 0 heterocycles. The second kappa shape index (κ2) is 2.38. The van der Waals surface area contributed by atoms with Gasteiger partial charge >= 0.3 is 0 Å². The molecular formula is C6H3BrO3. The molecule has 0 fully saturated rings. The Morgan fingerprint density at radius 1 is 1.30 bits per heavy atom. The van der Waals surface area contributed by atoms with Crippen molar-refractivity contribution in [2.24, 2.45) is 0 Å². The second-order valence-electron chi connectivity index (χ2n) is 1.75. The molecular weight excluding hydrogens is 200 g/mol. The van der Waals surface area contributed by atoms with Crippen LogP contribution < -0.4 is 0 Å². The first-order chi connectivity index (χ1) is 4.61. The summed E-state index contributed by atoms with van der Waals surface area (Å²) in [5.41, 5.74) is 0. The summed E-state index contributed by atoms with van der Waals surface area (Å²) in [6, 6.07) is 0. The van der Waals surface area contributed by atoms with Crippen LogP contribution in [0, 0.1) is 0 Å². The molecule has 1 rings (SSSR count). The van der Waals surface area contributed by atoms with E-state index in [-0.39, 0.29) is 10.3 Å². The molecule has 0 saturated heterocycles. The van der Waals surface area contributed by atoms with E-state index in [9.17, 15) is 9.59 Å². The summed E-state index contributed by atoms with van der Waals surface area (Å²) in [7, 11) is 0. The van der Waals surface area contributed by atoms with E-state index in [0.717, 1.165) is 12.2 Å². The molecule has 0 amide bonds. The fourth-order valence-corrected chi connectivity index (χ4v) is 0.983. The number of aliphatic hydroxyl groups is 1. The van der Waals surface area contributed by atoms with Crippen molar-refractivity contribution in [3.8, 4) is 0 Å². The van der Waals surface area contributed by atoms with Gasteiger partial charge in [-0.3, -0.25) is 9.59 Å². The third kappa shape index (κ3) is 1.16. The van der Waals surface area contributed by atoms with Crippen molar-refractivity contribution < 1.29 is 14.7 Å². The number of carbonyl (C=O) groups is 2. The molecule has 0 saturated carbocycles. The van der Waals surface area contributed by atoms with Crippen molar-refractivity contribution in [1.82, 2.24) is 0 Å². The van der Waals surface area contributed by atoms with Gasteiger partial charge in [-0.05, 0) is 15.9 Å².